The van der Waals surface area contributed by atoms with Crippen LogP contribution in [-0.2, 0) is 17.6 Å². The van der Waals surface area contributed by atoms with Gasteiger partial charge in [0.1, 0.15) is 0 Å². The quantitative estimate of drug-likeness (QED) is 0.590. The summed E-state index contributed by atoms with van der Waals surface area (Å²) in [6.07, 6.45) is 4.93. The van der Waals surface area contributed by atoms with Crippen LogP contribution in [0.2, 0.25) is 8.35 Å². The summed E-state index contributed by atoms with van der Waals surface area (Å²) in [4.78, 5) is 0. The minimum atomic E-state index is -2.61. The summed E-state index contributed by atoms with van der Waals surface area (Å²) in [5, 5.41) is 0. The van der Waals surface area contributed by atoms with Gasteiger partial charge in [0.15, 0.2) is 0 Å². The van der Waals surface area contributed by atoms with Crippen LogP contribution in [-0.4, -0.2) is 0 Å². The van der Waals surface area contributed by atoms with Gasteiger partial charge >= 0.3 is 82.6 Å². The van der Waals surface area contributed by atoms with Crippen molar-refractivity contribution in [2.75, 3.05) is 0 Å². The average molecular weight is 364 g/mol. The van der Waals surface area contributed by atoms with Crippen LogP contribution < -0.4 is 0 Å². The van der Waals surface area contributed by atoms with Crippen molar-refractivity contribution >= 4 is 17.2 Å². The zero-order valence-electron chi connectivity index (χ0n) is 7.50. The average Bonchev–Trinajstić information content (AvgIpc) is 1.97. The van der Waals surface area contributed by atoms with E-state index >= 15 is 0 Å². The first-order valence-corrected chi connectivity index (χ1v) is 18.5. The van der Waals surface area contributed by atoms with E-state index in [1.807, 2.05) is 0 Å². The topological polar surface area (TPSA) is 0 Å². The van der Waals surface area contributed by atoms with Gasteiger partial charge in [-0.15, -0.1) is 0 Å². The van der Waals surface area contributed by atoms with Gasteiger partial charge in [-0.05, 0) is 0 Å². The van der Waals surface area contributed by atoms with Gasteiger partial charge in [-0.3, -0.25) is 0 Å². The normalized spacial score (nSPS) is 12.0. The molecular formula is C8H18Cl2Hf. The van der Waals surface area contributed by atoms with Gasteiger partial charge in [-0.1, -0.05) is 0 Å². The molecule has 0 saturated carbocycles. The Labute approximate surface area is 82.1 Å². The van der Waals surface area contributed by atoms with Crippen molar-refractivity contribution in [3.8, 4) is 0 Å². The fourth-order valence-electron chi connectivity index (χ4n) is 0.996. The first kappa shape index (κ1) is 12.5. The van der Waals surface area contributed by atoms with E-state index in [1.165, 1.54) is 25.7 Å². The molecule has 68 valence electrons. The Hall–Kier alpha value is 1.45. The molecule has 0 heterocycles. The van der Waals surface area contributed by atoms with E-state index in [0.29, 0.717) is 0 Å². The van der Waals surface area contributed by atoms with Crippen LogP contribution >= 0.6 is 17.2 Å². The summed E-state index contributed by atoms with van der Waals surface area (Å²) in [6.45, 7) is 4.38. The predicted molar refractivity (Wildman–Crippen MR) is 51.1 cm³/mol. The van der Waals surface area contributed by atoms with E-state index in [0.717, 1.165) is 8.35 Å². The molecule has 0 amide bonds. The Balaban J connectivity index is 3.43. The van der Waals surface area contributed by atoms with Gasteiger partial charge in [0.25, 0.3) is 0 Å². The molecule has 0 aliphatic rings. The van der Waals surface area contributed by atoms with Gasteiger partial charge in [0.05, 0.1) is 0 Å². The van der Waals surface area contributed by atoms with Crippen LogP contribution in [0.25, 0.3) is 0 Å². The number of rotatable bonds is 6. The second-order valence-electron chi connectivity index (χ2n) is 3.06. The second-order valence-corrected chi connectivity index (χ2v) is 26.2. The van der Waals surface area contributed by atoms with Gasteiger partial charge in [0, 0.05) is 0 Å². The summed E-state index contributed by atoms with van der Waals surface area (Å²) in [6, 6.07) is 0. The Bertz CT molecular complexity index is 84.1. The SMILES string of the molecule is CCC[CH2][Hf]([Cl])([Cl])[CH2]CCC. The van der Waals surface area contributed by atoms with Crippen molar-refractivity contribution in [1.29, 1.82) is 0 Å². The Morgan fingerprint density at radius 2 is 1.27 bits per heavy atom. The molecule has 0 aromatic carbocycles. The van der Waals surface area contributed by atoms with Crippen LogP contribution in [0, 0.1) is 0 Å². The minimum absolute atomic E-state index is 1.16. The molecule has 0 N–H and O–H groups in total. The summed E-state index contributed by atoms with van der Waals surface area (Å²) < 4.78 is 2.32. The van der Waals surface area contributed by atoms with Gasteiger partial charge in [0.2, 0.25) is 0 Å². The zero-order chi connectivity index (χ0) is 8.74. The summed E-state index contributed by atoms with van der Waals surface area (Å²) in [5.41, 5.74) is 0. The molecular weight excluding hydrogens is 345 g/mol. The Kier molecular flexibility index (Phi) is 7.82. The van der Waals surface area contributed by atoms with E-state index < -0.39 is 17.6 Å². The molecule has 0 rings (SSSR count). The van der Waals surface area contributed by atoms with Gasteiger partial charge < -0.3 is 0 Å². The monoisotopic (exact) mass is 364 g/mol. The molecule has 0 bridgehead atoms. The molecule has 0 aliphatic heterocycles. The van der Waals surface area contributed by atoms with Gasteiger partial charge in [-0.2, -0.15) is 0 Å². The summed E-state index contributed by atoms with van der Waals surface area (Å²) in [5.74, 6) is 0. The van der Waals surface area contributed by atoms with Crippen molar-refractivity contribution < 1.29 is 17.6 Å². The van der Waals surface area contributed by atoms with Crippen LogP contribution in [0.15, 0.2) is 0 Å². The number of halogens is 2. The molecule has 0 spiro atoms. The van der Waals surface area contributed by atoms with Crippen LogP contribution in [0.5, 0.6) is 0 Å². The first-order valence-electron chi connectivity index (χ1n) is 4.50. The fourth-order valence-corrected chi connectivity index (χ4v) is 12.5. The third-order valence-electron chi connectivity index (χ3n) is 1.79. The van der Waals surface area contributed by atoms with Crippen molar-refractivity contribution in [2.45, 2.75) is 47.9 Å². The Morgan fingerprint density at radius 3 is 1.55 bits per heavy atom. The summed E-state index contributed by atoms with van der Waals surface area (Å²) >= 11 is -2.61. The third-order valence-corrected chi connectivity index (χ3v) is 15.8. The first-order chi connectivity index (χ1) is 5.12. The second kappa shape index (κ2) is 6.91. The van der Waals surface area contributed by atoms with Crippen molar-refractivity contribution in [3.05, 3.63) is 0 Å². The van der Waals surface area contributed by atoms with E-state index in [2.05, 4.69) is 13.8 Å². The number of hydrogen-bond donors (Lipinski definition) is 0. The molecule has 0 atom stereocenters. The Morgan fingerprint density at radius 1 is 0.909 bits per heavy atom. The van der Waals surface area contributed by atoms with E-state index in [1.54, 1.807) is 0 Å². The molecule has 3 heteroatoms. The van der Waals surface area contributed by atoms with Crippen LogP contribution in [0.4, 0.5) is 0 Å². The van der Waals surface area contributed by atoms with Crippen LogP contribution in [0.1, 0.15) is 39.5 Å². The molecule has 0 fully saturated rings. The van der Waals surface area contributed by atoms with Gasteiger partial charge in [-0.25, -0.2) is 0 Å². The van der Waals surface area contributed by atoms with E-state index in [-0.39, 0.29) is 0 Å². The molecule has 0 radical (unpaired) electrons. The molecule has 11 heavy (non-hydrogen) atoms. The fraction of sp³-hybridized carbons (Fsp3) is 1.00. The molecule has 0 nitrogen and oxygen atoms in total. The van der Waals surface area contributed by atoms with Crippen molar-refractivity contribution in [1.82, 2.24) is 0 Å². The van der Waals surface area contributed by atoms with Crippen molar-refractivity contribution in [2.24, 2.45) is 0 Å². The maximum atomic E-state index is 6.28. The molecule has 0 aromatic heterocycles. The maximum absolute atomic E-state index is 6.28. The standard InChI is InChI=1S/2C4H9.2ClH.Hf/c2*1-3-4-2;;;/h2*1,3-4H2,2H3;2*1H;/q;;;;+2/p-2. The predicted octanol–water partition coefficient (Wildman–Crippen LogP) is 4.88. The summed E-state index contributed by atoms with van der Waals surface area (Å²) in [7, 11) is 12.6. The molecule has 0 aliphatic carbocycles. The van der Waals surface area contributed by atoms with E-state index in [4.69, 9.17) is 17.2 Å². The number of hydrogen-bond acceptors (Lipinski definition) is 0. The molecule has 0 unspecified atom stereocenters. The van der Waals surface area contributed by atoms with Crippen LogP contribution in [0.3, 0.4) is 0 Å². The van der Waals surface area contributed by atoms with Crippen molar-refractivity contribution in [3.63, 3.8) is 0 Å². The molecule has 0 saturated heterocycles. The number of unbranched alkanes of at least 4 members (excludes halogenated alkanes) is 2. The third kappa shape index (κ3) is 7.80. The molecule has 0 aromatic rings. The zero-order valence-corrected chi connectivity index (χ0v) is 12.6. The van der Waals surface area contributed by atoms with E-state index in [9.17, 15) is 0 Å².